The van der Waals surface area contributed by atoms with Crippen molar-refractivity contribution in [2.45, 2.75) is 6.54 Å². The van der Waals surface area contributed by atoms with Crippen LogP contribution in [0, 0.1) is 0 Å². The van der Waals surface area contributed by atoms with Gasteiger partial charge in [0.25, 0.3) is 0 Å². The van der Waals surface area contributed by atoms with Crippen LogP contribution in [0.5, 0.6) is 11.5 Å². The van der Waals surface area contributed by atoms with Gasteiger partial charge in [-0.15, -0.1) is 0 Å². The Kier molecular flexibility index (Phi) is 3.82. The fourth-order valence-electron chi connectivity index (χ4n) is 1.84. The number of nitrogens with zero attached hydrogens (tertiary/aromatic N) is 2. The average Bonchev–Trinajstić information content (AvgIpc) is 3.01. The molecule has 2 amide bonds. The molecule has 3 rings (SSSR count). The van der Waals surface area contributed by atoms with Crippen LogP contribution in [0.2, 0.25) is 0 Å². The lowest BCUT2D eigenvalue weighted by Gasteiger charge is -2.06. The van der Waals surface area contributed by atoms with E-state index in [2.05, 4.69) is 20.6 Å². The number of amides is 2. The average molecular weight is 300 g/mol. The van der Waals surface area contributed by atoms with Gasteiger partial charge in [0, 0.05) is 18.9 Å². The third-order valence-corrected chi connectivity index (χ3v) is 2.89. The van der Waals surface area contributed by atoms with E-state index < -0.39 is 11.8 Å². The van der Waals surface area contributed by atoms with Gasteiger partial charge in [0.15, 0.2) is 11.5 Å². The Labute approximate surface area is 125 Å². The van der Waals surface area contributed by atoms with E-state index in [9.17, 15) is 9.59 Å². The first-order valence-corrected chi connectivity index (χ1v) is 6.47. The Morgan fingerprint density at radius 1 is 1.09 bits per heavy atom. The Morgan fingerprint density at radius 2 is 1.86 bits per heavy atom. The molecule has 0 saturated heterocycles. The van der Waals surface area contributed by atoms with E-state index in [0.29, 0.717) is 11.5 Å². The van der Waals surface area contributed by atoms with Gasteiger partial charge < -0.3 is 14.8 Å². The van der Waals surface area contributed by atoms with E-state index in [-0.39, 0.29) is 19.3 Å². The minimum absolute atomic E-state index is 0.0747. The largest absolute Gasteiger partial charge is 0.454 e. The normalized spacial score (nSPS) is 11.8. The molecule has 2 heterocycles. The predicted molar refractivity (Wildman–Crippen MR) is 75.1 cm³/mol. The fraction of sp³-hybridized carbons (Fsp3) is 0.143. The highest BCUT2D eigenvalue weighted by atomic mass is 16.7. The minimum Gasteiger partial charge on any atom is -0.454 e. The first-order valence-electron chi connectivity index (χ1n) is 6.47. The summed E-state index contributed by atoms with van der Waals surface area (Å²) in [5.41, 5.74) is 0.793. The van der Waals surface area contributed by atoms with Crippen LogP contribution in [0.1, 0.15) is 5.56 Å². The van der Waals surface area contributed by atoms with E-state index >= 15 is 0 Å². The van der Waals surface area contributed by atoms with Gasteiger partial charge in [-0.2, -0.15) is 0 Å². The number of nitrogens with one attached hydrogen (secondary N) is 2. The monoisotopic (exact) mass is 300 g/mol. The van der Waals surface area contributed by atoms with Gasteiger partial charge in [0.2, 0.25) is 12.7 Å². The maximum atomic E-state index is 11.7. The molecule has 0 spiro atoms. The summed E-state index contributed by atoms with van der Waals surface area (Å²) < 4.78 is 10.4. The van der Waals surface area contributed by atoms with Crippen molar-refractivity contribution in [2.24, 2.45) is 0 Å². The number of aromatic nitrogens is 2. The number of ether oxygens (including phenoxy) is 2. The van der Waals surface area contributed by atoms with Crippen LogP contribution < -0.4 is 20.1 Å². The second-order valence-corrected chi connectivity index (χ2v) is 4.40. The molecular weight excluding hydrogens is 288 g/mol. The summed E-state index contributed by atoms with van der Waals surface area (Å²) in [6.45, 7) is 0.378. The number of hydrogen-bond acceptors (Lipinski definition) is 6. The van der Waals surface area contributed by atoms with Crippen LogP contribution in [-0.2, 0) is 16.1 Å². The summed E-state index contributed by atoms with van der Waals surface area (Å²) in [7, 11) is 0. The van der Waals surface area contributed by atoms with Crippen molar-refractivity contribution < 1.29 is 19.1 Å². The first kappa shape index (κ1) is 13.8. The van der Waals surface area contributed by atoms with E-state index in [1.165, 1.54) is 12.4 Å². The molecule has 1 aliphatic rings. The molecule has 8 heteroatoms. The van der Waals surface area contributed by atoms with Crippen molar-refractivity contribution in [1.82, 2.24) is 15.3 Å². The van der Waals surface area contributed by atoms with Crippen molar-refractivity contribution >= 4 is 17.8 Å². The molecule has 0 radical (unpaired) electrons. The summed E-state index contributed by atoms with van der Waals surface area (Å²) >= 11 is 0. The van der Waals surface area contributed by atoms with E-state index in [1.807, 2.05) is 0 Å². The molecule has 0 aliphatic carbocycles. The highest BCUT2D eigenvalue weighted by Crippen LogP contribution is 2.32. The zero-order valence-corrected chi connectivity index (χ0v) is 11.4. The smallest absolute Gasteiger partial charge is 0.316 e. The highest BCUT2D eigenvalue weighted by Gasteiger charge is 2.16. The van der Waals surface area contributed by atoms with Crippen LogP contribution in [-0.4, -0.2) is 28.6 Å². The lowest BCUT2D eigenvalue weighted by molar-refractivity contribution is -0.136. The van der Waals surface area contributed by atoms with Crippen molar-refractivity contribution in [3.8, 4) is 11.5 Å². The van der Waals surface area contributed by atoms with E-state index in [0.717, 1.165) is 5.56 Å². The lowest BCUT2D eigenvalue weighted by atomic mass is 10.2. The van der Waals surface area contributed by atoms with Crippen LogP contribution >= 0.6 is 0 Å². The van der Waals surface area contributed by atoms with Crippen LogP contribution in [0.4, 0.5) is 5.95 Å². The third-order valence-electron chi connectivity index (χ3n) is 2.89. The summed E-state index contributed by atoms with van der Waals surface area (Å²) in [5.74, 6) is -0.245. The second-order valence-electron chi connectivity index (χ2n) is 4.40. The van der Waals surface area contributed by atoms with Gasteiger partial charge in [0.1, 0.15) is 0 Å². The standard InChI is InChI=1S/C14H12N4O4/c19-12(13(20)18-14-15-4-1-5-16-14)17-7-9-2-3-10-11(6-9)22-8-21-10/h1-6H,7-8H2,(H,17,19)(H,15,16,18,20). The molecule has 0 atom stereocenters. The van der Waals surface area contributed by atoms with Crippen LogP contribution in [0.15, 0.2) is 36.7 Å². The summed E-state index contributed by atoms with van der Waals surface area (Å²) in [6.07, 6.45) is 2.93. The third kappa shape index (κ3) is 3.11. The molecule has 2 N–H and O–H groups in total. The molecule has 1 aromatic carbocycles. The number of benzene rings is 1. The van der Waals surface area contributed by atoms with Gasteiger partial charge in [-0.25, -0.2) is 9.97 Å². The highest BCUT2D eigenvalue weighted by molar-refractivity contribution is 6.39. The predicted octanol–water partition coefficient (Wildman–Crippen LogP) is 0.460. The molecule has 22 heavy (non-hydrogen) atoms. The molecular formula is C14H12N4O4. The number of hydrogen-bond donors (Lipinski definition) is 2. The zero-order chi connectivity index (χ0) is 15.4. The minimum atomic E-state index is -0.827. The number of rotatable bonds is 3. The van der Waals surface area contributed by atoms with Gasteiger partial charge in [0.05, 0.1) is 0 Å². The molecule has 8 nitrogen and oxygen atoms in total. The number of carbonyl (C=O) groups excluding carboxylic acids is 2. The summed E-state index contributed by atoms with van der Waals surface area (Å²) in [5, 5.41) is 4.81. The molecule has 0 fully saturated rings. The van der Waals surface area contributed by atoms with Gasteiger partial charge >= 0.3 is 11.8 Å². The van der Waals surface area contributed by atoms with Gasteiger partial charge in [-0.1, -0.05) is 6.07 Å². The van der Waals surface area contributed by atoms with Crippen molar-refractivity contribution in [2.75, 3.05) is 12.1 Å². The van der Waals surface area contributed by atoms with Crippen LogP contribution in [0.25, 0.3) is 0 Å². The van der Waals surface area contributed by atoms with Gasteiger partial charge in [-0.05, 0) is 23.8 Å². The molecule has 2 aromatic rings. The van der Waals surface area contributed by atoms with E-state index in [1.54, 1.807) is 24.3 Å². The number of fused-ring (bicyclic) bond motifs is 1. The van der Waals surface area contributed by atoms with E-state index in [4.69, 9.17) is 9.47 Å². The summed E-state index contributed by atoms with van der Waals surface area (Å²) in [4.78, 5) is 31.0. The SMILES string of the molecule is O=C(NCc1ccc2c(c1)OCO2)C(=O)Nc1ncccn1. The zero-order valence-electron chi connectivity index (χ0n) is 11.4. The second kappa shape index (κ2) is 6.08. The van der Waals surface area contributed by atoms with Gasteiger partial charge in [-0.3, -0.25) is 14.9 Å². The van der Waals surface area contributed by atoms with Crippen molar-refractivity contribution in [3.05, 3.63) is 42.2 Å². The first-order chi connectivity index (χ1) is 10.7. The molecule has 0 saturated carbocycles. The molecule has 112 valence electrons. The maximum absolute atomic E-state index is 11.7. The van der Waals surface area contributed by atoms with Crippen molar-refractivity contribution in [3.63, 3.8) is 0 Å². The Balaban J connectivity index is 1.54. The molecule has 1 aromatic heterocycles. The van der Waals surface area contributed by atoms with Crippen LogP contribution in [0.3, 0.4) is 0 Å². The topological polar surface area (TPSA) is 102 Å². The molecule has 0 bridgehead atoms. The Morgan fingerprint density at radius 3 is 2.68 bits per heavy atom. The number of anilines is 1. The summed E-state index contributed by atoms with van der Waals surface area (Å²) in [6, 6.07) is 6.89. The lowest BCUT2D eigenvalue weighted by Crippen LogP contribution is -2.35. The Bertz CT molecular complexity index is 705. The molecule has 1 aliphatic heterocycles. The Hall–Kier alpha value is -3.16. The molecule has 0 unspecified atom stereocenters. The number of carbonyl (C=O) groups is 2. The maximum Gasteiger partial charge on any atom is 0.316 e. The van der Waals surface area contributed by atoms with Crippen molar-refractivity contribution in [1.29, 1.82) is 0 Å². The quantitative estimate of drug-likeness (QED) is 0.798. The fourth-order valence-corrected chi connectivity index (χ4v) is 1.84.